The molecule has 3 nitrogen and oxygen atoms in total. The predicted molar refractivity (Wildman–Crippen MR) is 110 cm³/mol. The fraction of sp³-hybridized carbons (Fsp3) is 0.368. The highest BCUT2D eigenvalue weighted by Crippen LogP contribution is 2.35. The summed E-state index contributed by atoms with van der Waals surface area (Å²) in [6.45, 7) is 8.10. The van der Waals surface area contributed by atoms with Gasteiger partial charge in [0.2, 0.25) is 0 Å². The van der Waals surface area contributed by atoms with Crippen LogP contribution < -0.4 is 14.8 Å². The first kappa shape index (κ1) is 19.2. The Bertz CT molecular complexity index is 691. The molecule has 0 spiro atoms. The van der Waals surface area contributed by atoms with E-state index in [0.717, 1.165) is 43.3 Å². The normalized spacial score (nSPS) is 10.5. The molecule has 0 aliphatic heterocycles. The zero-order chi connectivity index (χ0) is 17.5. The molecule has 0 bridgehead atoms. The Morgan fingerprint density at radius 1 is 1.17 bits per heavy atom. The van der Waals surface area contributed by atoms with Crippen molar-refractivity contribution >= 4 is 39.9 Å². The minimum Gasteiger partial charge on any atom is -0.490 e. The van der Waals surface area contributed by atoms with Crippen LogP contribution in [-0.2, 0) is 6.54 Å². The summed E-state index contributed by atoms with van der Waals surface area (Å²) in [5.74, 6) is 1.64. The molecule has 0 saturated heterocycles. The maximum atomic E-state index is 6.18. The lowest BCUT2D eigenvalue weighted by molar-refractivity contribution is 0.275. The van der Waals surface area contributed by atoms with Gasteiger partial charge in [-0.25, -0.2) is 0 Å². The molecule has 1 N–H and O–H groups in total. The Labute approximate surface area is 162 Å². The van der Waals surface area contributed by atoms with Gasteiger partial charge in [-0.3, -0.25) is 0 Å². The maximum absolute atomic E-state index is 6.18. The van der Waals surface area contributed by atoms with Crippen LogP contribution in [0.2, 0.25) is 5.02 Å². The van der Waals surface area contributed by atoms with Gasteiger partial charge >= 0.3 is 0 Å². The van der Waals surface area contributed by atoms with Crippen molar-refractivity contribution in [3.8, 4) is 11.5 Å². The number of hydrogen-bond donors (Lipinski definition) is 1. The number of benzene rings is 2. The standard InChI is InChI=1S/C19H23ClINO2/c1-4-9-24-19-16(21)10-14(11-18(19)23-5-2)12-22-17-8-6-7-15(20)13(17)3/h6-8,10-11,22H,4-5,9,12H2,1-3H3. The second-order valence-corrected chi connectivity index (χ2v) is 7.02. The number of halogens is 2. The fourth-order valence-corrected chi connectivity index (χ4v) is 3.32. The highest BCUT2D eigenvalue weighted by molar-refractivity contribution is 14.1. The number of nitrogens with one attached hydrogen (secondary N) is 1. The van der Waals surface area contributed by atoms with E-state index in [1.165, 1.54) is 0 Å². The molecule has 2 aromatic carbocycles. The highest BCUT2D eigenvalue weighted by Gasteiger charge is 2.12. The van der Waals surface area contributed by atoms with Gasteiger partial charge in [0.05, 0.1) is 16.8 Å². The Morgan fingerprint density at radius 2 is 1.96 bits per heavy atom. The van der Waals surface area contributed by atoms with Gasteiger partial charge in [-0.1, -0.05) is 24.6 Å². The van der Waals surface area contributed by atoms with Crippen molar-refractivity contribution in [1.29, 1.82) is 0 Å². The van der Waals surface area contributed by atoms with Crippen LogP contribution in [0.15, 0.2) is 30.3 Å². The number of rotatable bonds is 8. The van der Waals surface area contributed by atoms with Gasteiger partial charge in [-0.15, -0.1) is 0 Å². The molecular formula is C19H23ClINO2. The molecule has 24 heavy (non-hydrogen) atoms. The van der Waals surface area contributed by atoms with E-state index in [9.17, 15) is 0 Å². The number of hydrogen-bond acceptors (Lipinski definition) is 3. The number of ether oxygens (including phenoxy) is 2. The van der Waals surface area contributed by atoms with E-state index in [1.807, 2.05) is 38.1 Å². The molecule has 0 unspecified atom stereocenters. The fourth-order valence-electron chi connectivity index (χ4n) is 2.33. The van der Waals surface area contributed by atoms with Crippen molar-refractivity contribution in [2.75, 3.05) is 18.5 Å². The van der Waals surface area contributed by atoms with Gasteiger partial charge in [0.1, 0.15) is 0 Å². The van der Waals surface area contributed by atoms with Crippen LogP contribution in [0.5, 0.6) is 11.5 Å². The Balaban J connectivity index is 2.19. The van der Waals surface area contributed by atoms with Crippen molar-refractivity contribution < 1.29 is 9.47 Å². The van der Waals surface area contributed by atoms with Crippen LogP contribution in [0.3, 0.4) is 0 Å². The summed E-state index contributed by atoms with van der Waals surface area (Å²) < 4.78 is 12.7. The van der Waals surface area contributed by atoms with Gasteiger partial charge < -0.3 is 14.8 Å². The molecule has 0 fully saturated rings. The van der Waals surface area contributed by atoms with Crippen LogP contribution in [0.1, 0.15) is 31.4 Å². The van der Waals surface area contributed by atoms with Crippen molar-refractivity contribution in [2.45, 2.75) is 33.7 Å². The van der Waals surface area contributed by atoms with Crippen molar-refractivity contribution in [3.63, 3.8) is 0 Å². The smallest absolute Gasteiger partial charge is 0.174 e. The van der Waals surface area contributed by atoms with E-state index in [0.29, 0.717) is 19.8 Å². The van der Waals surface area contributed by atoms with E-state index in [-0.39, 0.29) is 0 Å². The summed E-state index contributed by atoms with van der Waals surface area (Å²) in [6.07, 6.45) is 0.971. The van der Waals surface area contributed by atoms with Gasteiger partial charge in [0.15, 0.2) is 11.5 Å². The molecule has 2 aromatic rings. The van der Waals surface area contributed by atoms with Crippen LogP contribution in [0.25, 0.3) is 0 Å². The second-order valence-electron chi connectivity index (χ2n) is 5.45. The van der Waals surface area contributed by atoms with Crippen molar-refractivity contribution in [2.24, 2.45) is 0 Å². The average Bonchev–Trinajstić information content (AvgIpc) is 2.56. The van der Waals surface area contributed by atoms with Gasteiger partial charge in [0.25, 0.3) is 0 Å². The largest absolute Gasteiger partial charge is 0.490 e. The molecule has 5 heteroatoms. The van der Waals surface area contributed by atoms with Crippen LogP contribution >= 0.6 is 34.2 Å². The lowest BCUT2D eigenvalue weighted by Gasteiger charge is -2.16. The van der Waals surface area contributed by atoms with E-state index < -0.39 is 0 Å². The average molecular weight is 460 g/mol. The first-order valence-electron chi connectivity index (χ1n) is 8.13. The summed E-state index contributed by atoms with van der Waals surface area (Å²) in [4.78, 5) is 0. The summed E-state index contributed by atoms with van der Waals surface area (Å²) in [6, 6.07) is 10.1. The van der Waals surface area contributed by atoms with Crippen LogP contribution in [0, 0.1) is 10.5 Å². The molecule has 2 rings (SSSR count). The molecule has 0 radical (unpaired) electrons. The minimum atomic E-state index is 0.614. The third kappa shape index (κ3) is 4.93. The first-order valence-corrected chi connectivity index (χ1v) is 9.59. The topological polar surface area (TPSA) is 30.5 Å². The monoisotopic (exact) mass is 459 g/mol. The molecule has 0 saturated carbocycles. The van der Waals surface area contributed by atoms with Crippen LogP contribution in [-0.4, -0.2) is 13.2 Å². The summed E-state index contributed by atoms with van der Waals surface area (Å²) in [5, 5.41) is 4.22. The number of anilines is 1. The molecule has 0 heterocycles. The molecule has 130 valence electrons. The predicted octanol–water partition coefficient (Wildman–Crippen LogP) is 6.05. The van der Waals surface area contributed by atoms with Gasteiger partial charge in [-0.2, -0.15) is 0 Å². The molecule has 0 aliphatic rings. The minimum absolute atomic E-state index is 0.614. The SMILES string of the molecule is CCCOc1c(I)cc(CNc2cccc(Cl)c2C)cc1OCC. The first-order chi connectivity index (χ1) is 11.6. The lowest BCUT2D eigenvalue weighted by Crippen LogP contribution is -2.05. The van der Waals surface area contributed by atoms with Gasteiger partial charge in [0, 0.05) is 17.3 Å². The molecule has 0 aromatic heterocycles. The molecule has 0 aliphatic carbocycles. The van der Waals surface area contributed by atoms with Crippen LogP contribution in [0.4, 0.5) is 5.69 Å². The molecule has 0 atom stereocenters. The van der Waals surface area contributed by atoms with E-state index in [2.05, 4.69) is 40.9 Å². The zero-order valence-electron chi connectivity index (χ0n) is 14.3. The maximum Gasteiger partial charge on any atom is 0.174 e. The second kappa shape index (κ2) is 9.37. The molecular weight excluding hydrogens is 437 g/mol. The highest BCUT2D eigenvalue weighted by atomic mass is 127. The Hall–Kier alpha value is -1.14. The Morgan fingerprint density at radius 3 is 2.67 bits per heavy atom. The third-order valence-electron chi connectivity index (χ3n) is 3.57. The summed E-state index contributed by atoms with van der Waals surface area (Å²) in [7, 11) is 0. The molecule has 0 amide bonds. The zero-order valence-corrected chi connectivity index (χ0v) is 17.2. The lowest BCUT2D eigenvalue weighted by atomic mass is 10.1. The van der Waals surface area contributed by atoms with Crippen molar-refractivity contribution in [3.05, 3.63) is 50.1 Å². The summed E-state index contributed by atoms with van der Waals surface area (Å²) in [5.41, 5.74) is 3.25. The van der Waals surface area contributed by atoms with E-state index >= 15 is 0 Å². The van der Waals surface area contributed by atoms with Gasteiger partial charge in [-0.05, 0) is 78.3 Å². The quantitative estimate of drug-likeness (QED) is 0.487. The van der Waals surface area contributed by atoms with E-state index in [1.54, 1.807) is 0 Å². The van der Waals surface area contributed by atoms with Crippen molar-refractivity contribution in [1.82, 2.24) is 0 Å². The summed E-state index contributed by atoms with van der Waals surface area (Å²) >= 11 is 8.48. The Kier molecular flexibility index (Phi) is 7.49. The van der Waals surface area contributed by atoms with E-state index in [4.69, 9.17) is 21.1 Å². The third-order valence-corrected chi connectivity index (χ3v) is 4.78.